The summed E-state index contributed by atoms with van der Waals surface area (Å²) in [6, 6.07) is 7.62. The molecule has 0 radical (unpaired) electrons. The molecule has 0 aliphatic carbocycles. The van der Waals surface area contributed by atoms with Crippen LogP contribution in [0.5, 0.6) is 0 Å². The first-order valence-electron chi connectivity index (χ1n) is 10.3. The summed E-state index contributed by atoms with van der Waals surface area (Å²) in [7, 11) is 3.75. The van der Waals surface area contributed by atoms with Gasteiger partial charge in [-0.3, -0.25) is 14.5 Å². The first-order chi connectivity index (χ1) is 13.3. The first kappa shape index (κ1) is 22.7. The van der Waals surface area contributed by atoms with Gasteiger partial charge in [0, 0.05) is 31.6 Å². The Hall–Kier alpha value is -1.59. The van der Waals surface area contributed by atoms with Gasteiger partial charge in [-0.15, -0.1) is 0 Å². The first-order valence-corrected chi connectivity index (χ1v) is 10.7. The van der Waals surface area contributed by atoms with Crippen molar-refractivity contribution in [3.05, 3.63) is 34.9 Å². The van der Waals surface area contributed by atoms with E-state index in [0.717, 1.165) is 50.9 Å². The van der Waals surface area contributed by atoms with Gasteiger partial charge in [0.15, 0.2) is 0 Å². The second-order valence-corrected chi connectivity index (χ2v) is 8.33. The van der Waals surface area contributed by atoms with E-state index >= 15 is 0 Å². The van der Waals surface area contributed by atoms with Crippen molar-refractivity contribution in [2.24, 2.45) is 5.92 Å². The van der Waals surface area contributed by atoms with Crippen LogP contribution >= 0.6 is 11.6 Å². The van der Waals surface area contributed by atoms with Gasteiger partial charge in [-0.25, -0.2) is 0 Å². The number of piperidine rings is 1. The molecule has 28 heavy (non-hydrogen) atoms. The number of benzene rings is 1. The van der Waals surface area contributed by atoms with Gasteiger partial charge in [0.05, 0.1) is 12.6 Å². The predicted molar refractivity (Wildman–Crippen MR) is 114 cm³/mol. The molecule has 1 atom stereocenters. The lowest BCUT2D eigenvalue weighted by Crippen LogP contribution is -2.45. The topological polar surface area (TPSA) is 43.9 Å². The summed E-state index contributed by atoms with van der Waals surface area (Å²) in [6.45, 7) is 7.00. The third-order valence-electron chi connectivity index (χ3n) is 5.85. The van der Waals surface area contributed by atoms with E-state index in [0.29, 0.717) is 11.6 Å². The molecular weight excluding hydrogens is 374 g/mol. The quantitative estimate of drug-likeness (QED) is 0.657. The molecule has 1 fully saturated rings. The third kappa shape index (κ3) is 6.21. The monoisotopic (exact) mass is 407 g/mol. The number of likely N-dealkylation sites (tertiary alicyclic amines) is 1. The minimum Gasteiger partial charge on any atom is -0.346 e. The zero-order valence-electron chi connectivity index (χ0n) is 17.7. The smallest absolute Gasteiger partial charge is 0.236 e. The summed E-state index contributed by atoms with van der Waals surface area (Å²) < 4.78 is 0. The van der Waals surface area contributed by atoms with Gasteiger partial charge < -0.3 is 9.80 Å². The number of halogens is 1. The molecule has 0 N–H and O–H groups in total. The summed E-state index contributed by atoms with van der Waals surface area (Å²) in [5, 5.41) is 0.697. The van der Waals surface area contributed by atoms with E-state index in [1.807, 2.05) is 50.2 Å². The molecule has 1 aliphatic heterocycles. The Labute approximate surface area is 174 Å². The Morgan fingerprint density at radius 1 is 1.18 bits per heavy atom. The fourth-order valence-corrected chi connectivity index (χ4v) is 3.76. The maximum absolute atomic E-state index is 12.7. The number of hydrogen-bond acceptors (Lipinski definition) is 3. The van der Waals surface area contributed by atoms with Gasteiger partial charge in [0.1, 0.15) is 0 Å². The summed E-state index contributed by atoms with van der Waals surface area (Å²) in [5.74, 6) is 0.458. The lowest BCUT2D eigenvalue weighted by Gasteiger charge is -2.34. The number of rotatable bonds is 8. The highest BCUT2D eigenvalue weighted by molar-refractivity contribution is 6.30. The molecule has 1 heterocycles. The van der Waals surface area contributed by atoms with Crippen molar-refractivity contribution in [3.8, 4) is 0 Å². The number of nitrogens with zero attached hydrogens (tertiary/aromatic N) is 3. The summed E-state index contributed by atoms with van der Waals surface area (Å²) in [4.78, 5) is 31.1. The molecule has 0 bridgehead atoms. The van der Waals surface area contributed by atoms with Crippen molar-refractivity contribution < 1.29 is 9.59 Å². The van der Waals surface area contributed by atoms with Crippen molar-refractivity contribution in [3.63, 3.8) is 0 Å². The molecule has 2 amide bonds. The maximum atomic E-state index is 12.7. The number of unbranched alkanes of at least 4 members (excludes halogenated alkanes) is 1. The zero-order valence-corrected chi connectivity index (χ0v) is 18.4. The van der Waals surface area contributed by atoms with Gasteiger partial charge in [0.25, 0.3) is 0 Å². The number of hydrogen-bond donors (Lipinski definition) is 0. The Kier molecular flexibility index (Phi) is 8.77. The van der Waals surface area contributed by atoms with Crippen molar-refractivity contribution in [2.75, 3.05) is 40.3 Å². The van der Waals surface area contributed by atoms with Crippen LogP contribution in [0.25, 0.3) is 0 Å². The SMILES string of the molecule is CCCCN(C)C(=O)C1CCN(CC(=O)N(C)C(C)c2ccc(Cl)cc2)CC1. The van der Waals surface area contributed by atoms with Crippen molar-refractivity contribution in [2.45, 2.75) is 45.6 Å². The molecule has 2 rings (SSSR count). The standard InChI is InChI=1S/C22H34ClN3O2/c1-5-6-13-24(3)22(28)19-11-14-26(15-12-19)16-21(27)25(4)17(2)18-7-9-20(23)10-8-18/h7-10,17,19H,5-6,11-16H2,1-4H3. The van der Waals surface area contributed by atoms with E-state index in [2.05, 4.69) is 11.8 Å². The van der Waals surface area contributed by atoms with E-state index in [1.165, 1.54) is 0 Å². The molecule has 1 aromatic carbocycles. The highest BCUT2D eigenvalue weighted by Crippen LogP contribution is 2.23. The fraction of sp³-hybridized carbons (Fsp3) is 0.636. The van der Waals surface area contributed by atoms with Gasteiger partial charge >= 0.3 is 0 Å². The van der Waals surface area contributed by atoms with Crippen LogP contribution in [-0.4, -0.2) is 66.8 Å². The van der Waals surface area contributed by atoms with Crippen molar-refractivity contribution in [1.82, 2.24) is 14.7 Å². The van der Waals surface area contributed by atoms with Crippen LogP contribution in [0.3, 0.4) is 0 Å². The zero-order chi connectivity index (χ0) is 20.7. The lowest BCUT2D eigenvalue weighted by atomic mass is 9.95. The van der Waals surface area contributed by atoms with Crippen LogP contribution in [0, 0.1) is 5.92 Å². The van der Waals surface area contributed by atoms with E-state index in [-0.39, 0.29) is 23.8 Å². The van der Waals surface area contributed by atoms with Crippen LogP contribution in [0.1, 0.15) is 51.1 Å². The Balaban J connectivity index is 1.80. The molecule has 1 aliphatic rings. The largest absolute Gasteiger partial charge is 0.346 e. The van der Waals surface area contributed by atoms with Crippen LogP contribution in [-0.2, 0) is 9.59 Å². The van der Waals surface area contributed by atoms with Crippen molar-refractivity contribution >= 4 is 23.4 Å². The highest BCUT2D eigenvalue weighted by Gasteiger charge is 2.28. The Morgan fingerprint density at radius 2 is 1.79 bits per heavy atom. The average molecular weight is 408 g/mol. The molecule has 0 aromatic heterocycles. The number of likely N-dealkylation sites (N-methyl/N-ethyl adjacent to an activating group) is 1. The van der Waals surface area contributed by atoms with E-state index in [9.17, 15) is 9.59 Å². The summed E-state index contributed by atoms with van der Waals surface area (Å²) in [6.07, 6.45) is 3.81. The predicted octanol–water partition coefficient (Wildman–Crippen LogP) is 3.83. The molecule has 1 aromatic rings. The van der Waals surface area contributed by atoms with Crippen LogP contribution < -0.4 is 0 Å². The van der Waals surface area contributed by atoms with Crippen LogP contribution in [0.2, 0.25) is 5.02 Å². The molecule has 5 nitrogen and oxygen atoms in total. The molecule has 6 heteroatoms. The van der Waals surface area contributed by atoms with E-state index in [1.54, 1.807) is 4.90 Å². The fourth-order valence-electron chi connectivity index (χ4n) is 3.64. The second kappa shape index (κ2) is 10.8. The Morgan fingerprint density at radius 3 is 2.36 bits per heavy atom. The normalized spacial score (nSPS) is 16.6. The minimum atomic E-state index is -0.00361. The second-order valence-electron chi connectivity index (χ2n) is 7.90. The van der Waals surface area contributed by atoms with Gasteiger partial charge in [-0.2, -0.15) is 0 Å². The third-order valence-corrected chi connectivity index (χ3v) is 6.10. The highest BCUT2D eigenvalue weighted by atomic mass is 35.5. The van der Waals surface area contributed by atoms with Gasteiger partial charge in [-0.05, 0) is 57.0 Å². The molecule has 156 valence electrons. The summed E-state index contributed by atoms with van der Waals surface area (Å²) in [5.41, 5.74) is 1.07. The van der Waals surface area contributed by atoms with Crippen LogP contribution in [0.15, 0.2) is 24.3 Å². The number of carbonyl (C=O) groups is 2. The number of carbonyl (C=O) groups excluding carboxylic acids is 2. The molecule has 1 saturated heterocycles. The van der Waals surface area contributed by atoms with Gasteiger partial charge in [0.2, 0.25) is 11.8 Å². The van der Waals surface area contributed by atoms with E-state index in [4.69, 9.17) is 11.6 Å². The van der Waals surface area contributed by atoms with Crippen molar-refractivity contribution in [1.29, 1.82) is 0 Å². The van der Waals surface area contributed by atoms with Gasteiger partial charge in [-0.1, -0.05) is 37.1 Å². The Bertz CT molecular complexity index is 642. The maximum Gasteiger partial charge on any atom is 0.236 e. The summed E-state index contributed by atoms with van der Waals surface area (Å²) >= 11 is 5.95. The molecular formula is C22H34ClN3O2. The average Bonchev–Trinajstić information content (AvgIpc) is 2.71. The molecule has 0 saturated carbocycles. The number of amides is 2. The lowest BCUT2D eigenvalue weighted by molar-refractivity contribution is -0.136. The molecule has 1 unspecified atom stereocenters. The van der Waals surface area contributed by atoms with E-state index < -0.39 is 0 Å². The minimum absolute atomic E-state index is 0.00361. The van der Waals surface area contributed by atoms with Crippen LogP contribution in [0.4, 0.5) is 0 Å². The molecule has 0 spiro atoms.